The quantitative estimate of drug-likeness (QED) is 0.481. The number of benzene rings is 2. The van der Waals surface area contributed by atoms with Crippen molar-refractivity contribution in [3.8, 4) is 0 Å². The standard InChI is InChI=1S/C18H15NO2S/c1-2-13(12-22-14-8-4-3-5-9-14)19-17(20)15-10-6-7-11-16(15)18(19)21/h2-11,13H,1,12H2. The van der Waals surface area contributed by atoms with Gasteiger partial charge in [0, 0.05) is 10.6 Å². The largest absolute Gasteiger partial charge is 0.269 e. The van der Waals surface area contributed by atoms with Gasteiger partial charge in [-0.2, -0.15) is 0 Å². The van der Waals surface area contributed by atoms with Gasteiger partial charge in [0.2, 0.25) is 0 Å². The molecule has 2 aromatic carbocycles. The molecule has 0 aromatic heterocycles. The minimum atomic E-state index is -0.322. The minimum Gasteiger partial charge on any atom is -0.269 e. The van der Waals surface area contributed by atoms with Gasteiger partial charge in [0.05, 0.1) is 17.2 Å². The molecule has 1 aliphatic heterocycles. The Balaban J connectivity index is 1.79. The zero-order chi connectivity index (χ0) is 15.5. The summed E-state index contributed by atoms with van der Waals surface area (Å²) in [6, 6.07) is 16.5. The van der Waals surface area contributed by atoms with E-state index in [2.05, 4.69) is 6.58 Å². The number of amides is 2. The van der Waals surface area contributed by atoms with Gasteiger partial charge in [0.15, 0.2) is 0 Å². The molecule has 4 heteroatoms. The van der Waals surface area contributed by atoms with Crippen molar-refractivity contribution in [3.63, 3.8) is 0 Å². The first kappa shape index (κ1) is 14.6. The monoisotopic (exact) mass is 309 g/mol. The highest BCUT2D eigenvalue weighted by Gasteiger charge is 2.38. The van der Waals surface area contributed by atoms with E-state index >= 15 is 0 Å². The number of carbonyl (C=O) groups excluding carboxylic acids is 2. The summed E-state index contributed by atoms with van der Waals surface area (Å²) in [5, 5.41) is 0. The van der Waals surface area contributed by atoms with Crippen LogP contribution >= 0.6 is 11.8 Å². The normalized spacial score (nSPS) is 14.8. The summed E-state index contributed by atoms with van der Waals surface area (Å²) >= 11 is 1.61. The fourth-order valence-electron chi connectivity index (χ4n) is 2.46. The summed E-state index contributed by atoms with van der Waals surface area (Å²) in [4.78, 5) is 27.3. The number of fused-ring (bicyclic) bond motifs is 1. The average molecular weight is 309 g/mol. The van der Waals surface area contributed by atoms with Crippen LogP contribution in [0.5, 0.6) is 0 Å². The third kappa shape index (κ3) is 2.57. The predicted molar refractivity (Wildman–Crippen MR) is 88.1 cm³/mol. The molecule has 2 aromatic rings. The molecule has 0 fully saturated rings. The minimum absolute atomic E-state index is 0.237. The van der Waals surface area contributed by atoms with E-state index in [4.69, 9.17) is 0 Å². The molecule has 22 heavy (non-hydrogen) atoms. The fourth-order valence-corrected chi connectivity index (χ4v) is 3.45. The maximum Gasteiger partial charge on any atom is 0.262 e. The lowest BCUT2D eigenvalue weighted by Gasteiger charge is -2.22. The van der Waals surface area contributed by atoms with Crippen LogP contribution in [0.2, 0.25) is 0 Å². The van der Waals surface area contributed by atoms with Gasteiger partial charge >= 0.3 is 0 Å². The van der Waals surface area contributed by atoms with E-state index < -0.39 is 0 Å². The van der Waals surface area contributed by atoms with Crippen LogP contribution in [0, 0.1) is 0 Å². The van der Waals surface area contributed by atoms with Gasteiger partial charge in [0.1, 0.15) is 0 Å². The van der Waals surface area contributed by atoms with Gasteiger partial charge in [0.25, 0.3) is 11.8 Å². The van der Waals surface area contributed by atoms with Crippen molar-refractivity contribution >= 4 is 23.6 Å². The third-order valence-corrected chi connectivity index (χ3v) is 4.71. The number of rotatable bonds is 5. The number of nitrogens with zero attached hydrogens (tertiary/aromatic N) is 1. The van der Waals surface area contributed by atoms with Crippen LogP contribution in [0.4, 0.5) is 0 Å². The summed E-state index contributed by atoms with van der Waals surface area (Å²) in [5.41, 5.74) is 0.952. The van der Waals surface area contributed by atoms with Crippen LogP contribution < -0.4 is 0 Å². The van der Waals surface area contributed by atoms with E-state index in [-0.39, 0.29) is 17.9 Å². The molecule has 1 atom stereocenters. The Labute approximate surface area is 133 Å². The third-order valence-electron chi connectivity index (χ3n) is 3.59. The Hall–Kier alpha value is -2.33. The number of thioether (sulfide) groups is 1. The van der Waals surface area contributed by atoms with E-state index in [1.54, 1.807) is 42.1 Å². The Kier molecular flexibility index (Phi) is 4.11. The number of carbonyl (C=O) groups is 2. The second-order valence-corrected chi connectivity index (χ2v) is 6.05. The second-order valence-electron chi connectivity index (χ2n) is 4.95. The van der Waals surface area contributed by atoms with Gasteiger partial charge in [-0.3, -0.25) is 14.5 Å². The molecule has 0 saturated heterocycles. The van der Waals surface area contributed by atoms with Crippen molar-refractivity contribution < 1.29 is 9.59 Å². The molecule has 3 nitrogen and oxygen atoms in total. The second kappa shape index (κ2) is 6.20. The van der Waals surface area contributed by atoms with Crippen molar-refractivity contribution in [2.75, 3.05) is 5.75 Å². The van der Waals surface area contributed by atoms with Crippen LogP contribution in [0.25, 0.3) is 0 Å². The van der Waals surface area contributed by atoms with Crippen LogP contribution in [-0.4, -0.2) is 28.5 Å². The first-order valence-electron chi connectivity index (χ1n) is 6.99. The highest BCUT2D eigenvalue weighted by atomic mass is 32.2. The van der Waals surface area contributed by atoms with Crippen LogP contribution in [0.3, 0.4) is 0 Å². The van der Waals surface area contributed by atoms with Crippen molar-refractivity contribution in [2.24, 2.45) is 0 Å². The lowest BCUT2D eigenvalue weighted by Crippen LogP contribution is -2.40. The average Bonchev–Trinajstić information content (AvgIpc) is 2.82. The molecule has 0 saturated carbocycles. The smallest absolute Gasteiger partial charge is 0.262 e. The summed E-state index contributed by atoms with van der Waals surface area (Å²) < 4.78 is 0. The van der Waals surface area contributed by atoms with Gasteiger partial charge < -0.3 is 0 Å². The first-order valence-corrected chi connectivity index (χ1v) is 7.98. The molecule has 1 aliphatic rings. The van der Waals surface area contributed by atoms with Crippen molar-refractivity contribution in [1.82, 2.24) is 4.90 Å². The molecule has 2 amide bonds. The number of imide groups is 1. The summed E-state index contributed by atoms with van der Waals surface area (Å²) in [7, 11) is 0. The molecule has 0 aliphatic carbocycles. The van der Waals surface area contributed by atoms with E-state index in [9.17, 15) is 9.59 Å². The van der Waals surface area contributed by atoms with Gasteiger partial charge in [-0.05, 0) is 24.3 Å². The zero-order valence-electron chi connectivity index (χ0n) is 11.9. The molecule has 0 spiro atoms. The molecule has 1 heterocycles. The maximum absolute atomic E-state index is 12.5. The Morgan fingerprint density at radius 3 is 2.05 bits per heavy atom. The summed E-state index contributed by atoms with van der Waals surface area (Å²) in [6.07, 6.45) is 1.66. The molecule has 3 rings (SSSR count). The number of hydrogen-bond donors (Lipinski definition) is 0. The van der Waals surface area contributed by atoms with Crippen molar-refractivity contribution in [3.05, 3.63) is 78.4 Å². The van der Waals surface area contributed by atoms with Gasteiger partial charge in [-0.15, -0.1) is 18.3 Å². The lowest BCUT2D eigenvalue weighted by atomic mass is 10.1. The molecule has 110 valence electrons. The SMILES string of the molecule is C=CC(CSc1ccccc1)N1C(=O)c2ccccc2C1=O. The Morgan fingerprint density at radius 2 is 1.50 bits per heavy atom. The van der Waals surface area contributed by atoms with Crippen LogP contribution in [-0.2, 0) is 0 Å². The molecule has 0 radical (unpaired) electrons. The predicted octanol–water partition coefficient (Wildman–Crippen LogP) is 3.63. The number of hydrogen-bond acceptors (Lipinski definition) is 3. The van der Waals surface area contributed by atoms with Crippen molar-refractivity contribution in [1.29, 1.82) is 0 Å². The van der Waals surface area contributed by atoms with E-state index in [1.165, 1.54) is 4.90 Å². The lowest BCUT2D eigenvalue weighted by molar-refractivity contribution is 0.0628. The Bertz CT molecular complexity index is 692. The molecule has 1 unspecified atom stereocenters. The summed E-state index contributed by atoms with van der Waals surface area (Å²) in [6.45, 7) is 3.79. The Morgan fingerprint density at radius 1 is 0.955 bits per heavy atom. The maximum atomic E-state index is 12.5. The van der Waals surface area contributed by atoms with Gasteiger partial charge in [-0.25, -0.2) is 0 Å². The van der Waals surface area contributed by atoms with E-state index in [0.29, 0.717) is 16.9 Å². The topological polar surface area (TPSA) is 37.4 Å². The molecule has 0 N–H and O–H groups in total. The zero-order valence-corrected chi connectivity index (χ0v) is 12.8. The van der Waals surface area contributed by atoms with E-state index in [1.807, 2.05) is 30.3 Å². The molecular formula is C18H15NO2S. The highest BCUT2D eigenvalue weighted by Crippen LogP contribution is 2.27. The first-order chi connectivity index (χ1) is 10.7. The molecular weight excluding hydrogens is 294 g/mol. The van der Waals surface area contributed by atoms with Crippen LogP contribution in [0.15, 0.2) is 72.1 Å². The van der Waals surface area contributed by atoms with Crippen LogP contribution in [0.1, 0.15) is 20.7 Å². The van der Waals surface area contributed by atoms with Crippen molar-refractivity contribution in [2.45, 2.75) is 10.9 Å². The van der Waals surface area contributed by atoms with Gasteiger partial charge in [-0.1, -0.05) is 36.4 Å². The fraction of sp³-hybridized carbons (Fsp3) is 0.111. The highest BCUT2D eigenvalue weighted by molar-refractivity contribution is 7.99. The summed E-state index contributed by atoms with van der Waals surface area (Å²) in [5.74, 6) is 0.122. The molecule has 0 bridgehead atoms. The van der Waals surface area contributed by atoms with E-state index in [0.717, 1.165) is 4.90 Å².